The number of ketones is 1. The van der Waals surface area contributed by atoms with Gasteiger partial charge in [-0.2, -0.15) is 0 Å². The van der Waals surface area contributed by atoms with Crippen molar-refractivity contribution in [2.24, 2.45) is 0 Å². The first-order valence-corrected chi connectivity index (χ1v) is 7.11. The molecule has 0 amide bonds. The van der Waals surface area contributed by atoms with Crippen LogP contribution in [0.5, 0.6) is 0 Å². The zero-order chi connectivity index (χ0) is 16.4. The number of aromatic nitrogens is 1. The highest BCUT2D eigenvalue weighted by Crippen LogP contribution is 2.27. The van der Waals surface area contributed by atoms with Crippen molar-refractivity contribution in [3.05, 3.63) is 57.1 Å². The average Bonchev–Trinajstić information content (AvgIpc) is 2.74. The van der Waals surface area contributed by atoms with Crippen LogP contribution >= 0.6 is 11.6 Å². The van der Waals surface area contributed by atoms with Crippen molar-refractivity contribution in [3.63, 3.8) is 0 Å². The summed E-state index contributed by atoms with van der Waals surface area (Å²) in [7, 11) is 0. The van der Waals surface area contributed by atoms with Crippen LogP contribution in [0.3, 0.4) is 0 Å². The Kier molecular flexibility index (Phi) is 4.66. The van der Waals surface area contributed by atoms with E-state index in [2.05, 4.69) is 4.98 Å². The molecule has 0 unspecified atom stereocenters. The van der Waals surface area contributed by atoms with E-state index in [0.29, 0.717) is 11.3 Å². The second-order valence-electron chi connectivity index (χ2n) is 4.77. The second kappa shape index (κ2) is 6.32. The van der Waals surface area contributed by atoms with Gasteiger partial charge in [0.2, 0.25) is 0 Å². The SMILES string of the molecule is CCOC(=O)c1[nH]c(C)c(C(=O)c2c(F)cccc2Cl)c1C. The molecule has 1 aromatic heterocycles. The fraction of sp³-hybridized carbons (Fsp3) is 0.250. The van der Waals surface area contributed by atoms with Crippen LogP contribution < -0.4 is 0 Å². The summed E-state index contributed by atoms with van der Waals surface area (Å²) < 4.78 is 18.9. The van der Waals surface area contributed by atoms with Gasteiger partial charge in [-0.3, -0.25) is 4.79 Å². The Bertz CT molecular complexity index is 732. The van der Waals surface area contributed by atoms with E-state index >= 15 is 0 Å². The average molecular weight is 324 g/mol. The van der Waals surface area contributed by atoms with Crippen molar-refractivity contribution in [2.45, 2.75) is 20.8 Å². The predicted molar refractivity (Wildman–Crippen MR) is 81.1 cm³/mol. The Labute approximate surface area is 132 Å². The summed E-state index contributed by atoms with van der Waals surface area (Å²) in [6, 6.07) is 4.04. The van der Waals surface area contributed by atoms with Crippen molar-refractivity contribution in [3.8, 4) is 0 Å². The number of nitrogens with one attached hydrogen (secondary N) is 1. The number of carbonyl (C=O) groups is 2. The lowest BCUT2D eigenvalue weighted by Crippen LogP contribution is -2.09. The van der Waals surface area contributed by atoms with Gasteiger partial charge in [0, 0.05) is 11.3 Å². The molecule has 0 aliphatic rings. The minimum absolute atomic E-state index is 0.0303. The molecule has 0 aliphatic heterocycles. The number of aromatic amines is 1. The fourth-order valence-corrected chi connectivity index (χ4v) is 2.59. The number of hydrogen-bond donors (Lipinski definition) is 1. The number of aryl methyl sites for hydroxylation is 1. The zero-order valence-corrected chi connectivity index (χ0v) is 13.2. The van der Waals surface area contributed by atoms with Crippen molar-refractivity contribution in [1.29, 1.82) is 0 Å². The van der Waals surface area contributed by atoms with Gasteiger partial charge in [0.15, 0.2) is 5.78 Å². The summed E-state index contributed by atoms with van der Waals surface area (Å²) in [5, 5.41) is 0.0303. The summed E-state index contributed by atoms with van der Waals surface area (Å²) in [6.07, 6.45) is 0. The van der Waals surface area contributed by atoms with Crippen LogP contribution in [0.2, 0.25) is 5.02 Å². The van der Waals surface area contributed by atoms with Crippen LogP contribution in [-0.4, -0.2) is 23.3 Å². The second-order valence-corrected chi connectivity index (χ2v) is 5.18. The van der Waals surface area contributed by atoms with Crippen LogP contribution in [-0.2, 0) is 4.74 Å². The van der Waals surface area contributed by atoms with Crippen LogP contribution in [0.15, 0.2) is 18.2 Å². The van der Waals surface area contributed by atoms with Gasteiger partial charge in [0.25, 0.3) is 0 Å². The van der Waals surface area contributed by atoms with Gasteiger partial charge < -0.3 is 9.72 Å². The first kappa shape index (κ1) is 16.2. The molecule has 2 rings (SSSR count). The molecule has 0 atom stereocenters. The molecule has 0 bridgehead atoms. The summed E-state index contributed by atoms with van der Waals surface area (Å²) in [4.78, 5) is 27.3. The molecule has 6 heteroatoms. The minimum atomic E-state index is -0.699. The lowest BCUT2D eigenvalue weighted by Gasteiger charge is -2.06. The molecule has 0 saturated carbocycles. The van der Waals surface area contributed by atoms with Gasteiger partial charge in [-0.15, -0.1) is 0 Å². The molecule has 1 N–H and O–H groups in total. The maximum atomic E-state index is 13.9. The van der Waals surface area contributed by atoms with Gasteiger partial charge in [-0.25, -0.2) is 9.18 Å². The van der Waals surface area contributed by atoms with Gasteiger partial charge in [0.1, 0.15) is 11.5 Å². The highest BCUT2D eigenvalue weighted by Gasteiger charge is 2.26. The normalized spacial score (nSPS) is 10.6. The maximum absolute atomic E-state index is 13.9. The molecule has 0 aliphatic carbocycles. The number of carbonyl (C=O) groups excluding carboxylic acids is 2. The third kappa shape index (κ3) is 2.76. The molecule has 0 fully saturated rings. The summed E-state index contributed by atoms with van der Waals surface area (Å²) in [6.45, 7) is 5.16. The lowest BCUT2D eigenvalue weighted by atomic mass is 9.99. The molecular weight excluding hydrogens is 309 g/mol. The number of esters is 1. The molecule has 0 spiro atoms. The number of halogens is 2. The third-order valence-corrected chi connectivity index (χ3v) is 3.65. The first-order valence-electron chi connectivity index (χ1n) is 6.73. The van der Waals surface area contributed by atoms with Gasteiger partial charge >= 0.3 is 5.97 Å². The topological polar surface area (TPSA) is 59.2 Å². The molecule has 1 heterocycles. The molecule has 0 saturated heterocycles. The van der Waals surface area contributed by atoms with Gasteiger partial charge in [-0.1, -0.05) is 17.7 Å². The van der Waals surface area contributed by atoms with E-state index in [4.69, 9.17) is 16.3 Å². The Morgan fingerprint density at radius 1 is 1.27 bits per heavy atom. The quantitative estimate of drug-likeness (QED) is 0.687. The Hall–Kier alpha value is -2.14. The van der Waals surface area contributed by atoms with Crippen molar-refractivity contribution < 1.29 is 18.7 Å². The molecule has 0 radical (unpaired) electrons. The number of rotatable bonds is 4. The number of benzene rings is 1. The summed E-state index contributed by atoms with van der Waals surface area (Å²) in [5.41, 5.74) is 1.10. The van der Waals surface area contributed by atoms with E-state index < -0.39 is 17.6 Å². The first-order chi connectivity index (χ1) is 10.4. The van der Waals surface area contributed by atoms with Crippen molar-refractivity contribution in [2.75, 3.05) is 6.61 Å². The number of ether oxygens (including phenoxy) is 1. The monoisotopic (exact) mass is 323 g/mol. The Morgan fingerprint density at radius 2 is 1.95 bits per heavy atom. The van der Waals surface area contributed by atoms with Gasteiger partial charge in [0.05, 0.1) is 17.2 Å². The van der Waals surface area contributed by atoms with E-state index in [1.54, 1.807) is 20.8 Å². The third-order valence-electron chi connectivity index (χ3n) is 3.33. The van der Waals surface area contributed by atoms with Crippen LogP contribution in [0, 0.1) is 19.7 Å². The van der Waals surface area contributed by atoms with Crippen molar-refractivity contribution >= 4 is 23.4 Å². The van der Waals surface area contributed by atoms with Crippen molar-refractivity contribution in [1.82, 2.24) is 4.98 Å². The minimum Gasteiger partial charge on any atom is -0.461 e. The molecule has 2 aromatic rings. The zero-order valence-electron chi connectivity index (χ0n) is 12.4. The van der Waals surface area contributed by atoms with E-state index in [0.717, 1.165) is 0 Å². The van der Waals surface area contributed by atoms with Crippen LogP contribution in [0.1, 0.15) is 44.6 Å². The van der Waals surface area contributed by atoms with Crippen LogP contribution in [0.4, 0.5) is 4.39 Å². The predicted octanol–water partition coefficient (Wildman–Crippen LogP) is 3.83. The number of hydrogen-bond acceptors (Lipinski definition) is 3. The standard InChI is InChI=1S/C16H15ClFNO3/c1-4-22-16(21)14-8(2)12(9(3)19-14)15(20)13-10(17)6-5-7-11(13)18/h5-7,19H,4H2,1-3H3. The lowest BCUT2D eigenvalue weighted by molar-refractivity contribution is 0.0519. The number of H-pyrrole nitrogens is 1. The summed E-state index contributed by atoms with van der Waals surface area (Å²) in [5.74, 6) is -1.82. The van der Waals surface area contributed by atoms with E-state index in [9.17, 15) is 14.0 Å². The highest BCUT2D eigenvalue weighted by atomic mass is 35.5. The molecule has 116 valence electrons. The molecule has 1 aromatic carbocycles. The highest BCUT2D eigenvalue weighted by molar-refractivity contribution is 6.35. The molecule has 4 nitrogen and oxygen atoms in total. The largest absolute Gasteiger partial charge is 0.461 e. The van der Waals surface area contributed by atoms with E-state index in [-0.39, 0.29) is 28.5 Å². The Morgan fingerprint density at radius 3 is 2.55 bits per heavy atom. The smallest absolute Gasteiger partial charge is 0.355 e. The van der Waals surface area contributed by atoms with E-state index in [1.807, 2.05) is 0 Å². The molecule has 22 heavy (non-hydrogen) atoms. The summed E-state index contributed by atoms with van der Waals surface area (Å²) >= 11 is 5.94. The maximum Gasteiger partial charge on any atom is 0.355 e. The molecular formula is C16H15ClFNO3. The van der Waals surface area contributed by atoms with Gasteiger partial charge in [-0.05, 0) is 38.5 Å². The Balaban J connectivity index is 2.54. The van der Waals surface area contributed by atoms with Crippen LogP contribution in [0.25, 0.3) is 0 Å². The van der Waals surface area contributed by atoms with E-state index in [1.165, 1.54) is 18.2 Å². The fourth-order valence-electron chi connectivity index (χ4n) is 2.34.